The van der Waals surface area contributed by atoms with Crippen molar-refractivity contribution in [3.63, 3.8) is 0 Å². The first-order valence-corrected chi connectivity index (χ1v) is 9.03. The molecule has 27 heavy (non-hydrogen) atoms. The van der Waals surface area contributed by atoms with Gasteiger partial charge < -0.3 is 14.8 Å². The summed E-state index contributed by atoms with van der Waals surface area (Å²) in [7, 11) is 1.57. The maximum atomic E-state index is 12.9. The number of aromatic nitrogens is 1. The Morgan fingerprint density at radius 1 is 1.04 bits per heavy atom. The molecular weight excluding hydrogens is 342 g/mol. The van der Waals surface area contributed by atoms with Gasteiger partial charge >= 0.3 is 0 Å². The Morgan fingerprint density at radius 3 is 2.22 bits per heavy atom. The number of anilines is 1. The molecule has 0 saturated heterocycles. The van der Waals surface area contributed by atoms with Gasteiger partial charge in [0.25, 0.3) is 17.4 Å². The van der Waals surface area contributed by atoms with Crippen molar-refractivity contribution in [1.29, 1.82) is 0 Å². The Kier molecular flexibility index (Phi) is 6.20. The summed E-state index contributed by atoms with van der Waals surface area (Å²) in [5.41, 5.74) is 1.48. The summed E-state index contributed by atoms with van der Waals surface area (Å²) < 4.78 is 1.32. The highest BCUT2D eigenvalue weighted by Crippen LogP contribution is 2.15. The molecule has 0 aliphatic carbocycles. The van der Waals surface area contributed by atoms with E-state index in [1.54, 1.807) is 30.1 Å². The SMILES string of the molecule is Cc1cccc(C(=O)Nc2cc(C(=O)N(C(C)C)C(C)C)cn(C)c2=O)c1. The topological polar surface area (TPSA) is 71.4 Å². The average molecular weight is 369 g/mol. The van der Waals surface area contributed by atoms with Crippen LogP contribution in [-0.2, 0) is 7.05 Å². The monoisotopic (exact) mass is 369 g/mol. The third kappa shape index (κ3) is 4.64. The molecule has 6 heteroatoms. The molecule has 0 saturated carbocycles. The molecule has 0 aliphatic rings. The number of carbonyl (C=O) groups excluding carboxylic acids is 2. The molecule has 1 aromatic heterocycles. The van der Waals surface area contributed by atoms with Crippen LogP contribution in [0.3, 0.4) is 0 Å². The van der Waals surface area contributed by atoms with E-state index in [0.717, 1.165) is 5.56 Å². The smallest absolute Gasteiger partial charge is 0.274 e. The van der Waals surface area contributed by atoms with Gasteiger partial charge in [0.15, 0.2) is 0 Å². The molecule has 2 aromatic rings. The van der Waals surface area contributed by atoms with Crippen LogP contribution in [0.15, 0.2) is 41.3 Å². The number of hydrogen-bond acceptors (Lipinski definition) is 3. The van der Waals surface area contributed by atoms with Crippen LogP contribution in [0.4, 0.5) is 5.69 Å². The maximum absolute atomic E-state index is 12.9. The largest absolute Gasteiger partial charge is 0.334 e. The number of rotatable bonds is 5. The van der Waals surface area contributed by atoms with Crippen LogP contribution in [-0.4, -0.2) is 33.4 Å². The molecule has 1 heterocycles. The Balaban J connectivity index is 2.40. The number of nitrogens with one attached hydrogen (secondary N) is 1. The Labute approximate surface area is 159 Å². The van der Waals surface area contributed by atoms with Gasteiger partial charge in [0.2, 0.25) is 0 Å². The number of pyridine rings is 1. The molecule has 6 nitrogen and oxygen atoms in total. The number of aryl methyl sites for hydroxylation is 2. The molecule has 144 valence electrons. The molecule has 0 bridgehead atoms. The quantitative estimate of drug-likeness (QED) is 0.880. The van der Waals surface area contributed by atoms with Crippen LogP contribution < -0.4 is 10.9 Å². The van der Waals surface area contributed by atoms with E-state index in [0.29, 0.717) is 11.1 Å². The minimum absolute atomic E-state index is 0.0140. The predicted molar refractivity (Wildman–Crippen MR) is 107 cm³/mol. The van der Waals surface area contributed by atoms with Gasteiger partial charge in [-0.25, -0.2) is 0 Å². The lowest BCUT2D eigenvalue weighted by Gasteiger charge is -2.31. The molecule has 0 aliphatic heterocycles. The van der Waals surface area contributed by atoms with Crippen molar-refractivity contribution in [2.24, 2.45) is 7.05 Å². The highest BCUT2D eigenvalue weighted by atomic mass is 16.2. The number of benzene rings is 1. The van der Waals surface area contributed by atoms with Gasteiger partial charge in [-0.1, -0.05) is 17.7 Å². The van der Waals surface area contributed by atoms with E-state index >= 15 is 0 Å². The fourth-order valence-corrected chi connectivity index (χ4v) is 3.11. The number of carbonyl (C=O) groups is 2. The highest BCUT2D eigenvalue weighted by Gasteiger charge is 2.23. The Hall–Kier alpha value is -2.89. The minimum atomic E-state index is -0.384. The first kappa shape index (κ1) is 20.4. The normalized spacial score (nSPS) is 11.0. The second kappa shape index (κ2) is 8.20. The standard InChI is InChI=1S/C21H27N3O3/c1-13(2)24(14(3)4)20(26)17-11-18(21(27)23(6)12-17)22-19(25)16-9-7-8-15(5)10-16/h7-14H,1-6H3,(H,22,25). The Morgan fingerprint density at radius 2 is 1.67 bits per heavy atom. The van der Waals surface area contributed by atoms with Crippen molar-refractivity contribution in [3.8, 4) is 0 Å². The lowest BCUT2D eigenvalue weighted by molar-refractivity contribution is 0.0642. The molecule has 0 unspecified atom stereocenters. The zero-order valence-corrected chi connectivity index (χ0v) is 16.7. The number of nitrogens with zero attached hydrogens (tertiary/aromatic N) is 2. The van der Waals surface area contributed by atoms with Crippen molar-refractivity contribution in [1.82, 2.24) is 9.47 Å². The summed E-state index contributed by atoms with van der Waals surface area (Å²) in [5.74, 6) is -0.563. The number of hydrogen-bond donors (Lipinski definition) is 1. The van der Waals surface area contributed by atoms with E-state index in [1.807, 2.05) is 40.7 Å². The van der Waals surface area contributed by atoms with Crippen molar-refractivity contribution < 1.29 is 9.59 Å². The summed E-state index contributed by atoms with van der Waals surface area (Å²) in [6, 6.07) is 8.58. The van der Waals surface area contributed by atoms with Crippen LogP contribution in [0.1, 0.15) is 54.0 Å². The van der Waals surface area contributed by atoms with Crippen LogP contribution >= 0.6 is 0 Å². The van der Waals surface area contributed by atoms with Crippen LogP contribution in [0.2, 0.25) is 0 Å². The molecule has 0 atom stereocenters. The summed E-state index contributed by atoms with van der Waals surface area (Å²) >= 11 is 0. The first-order valence-electron chi connectivity index (χ1n) is 9.03. The zero-order chi connectivity index (χ0) is 20.3. The third-order valence-corrected chi connectivity index (χ3v) is 4.31. The fraction of sp³-hybridized carbons (Fsp3) is 0.381. The molecular formula is C21H27N3O3. The summed E-state index contributed by atoms with van der Waals surface area (Å²) in [4.78, 5) is 39.6. The van der Waals surface area contributed by atoms with Gasteiger partial charge in [0.05, 0.1) is 5.56 Å². The van der Waals surface area contributed by atoms with E-state index in [2.05, 4.69) is 5.32 Å². The molecule has 2 rings (SSSR count). The van der Waals surface area contributed by atoms with E-state index in [9.17, 15) is 14.4 Å². The summed E-state index contributed by atoms with van der Waals surface area (Å²) in [5, 5.41) is 2.64. The van der Waals surface area contributed by atoms with Gasteiger partial charge in [-0.2, -0.15) is 0 Å². The van der Waals surface area contributed by atoms with Crippen LogP contribution in [0.5, 0.6) is 0 Å². The second-order valence-electron chi connectivity index (χ2n) is 7.28. The zero-order valence-electron chi connectivity index (χ0n) is 16.7. The van der Waals surface area contributed by atoms with Crippen molar-refractivity contribution in [3.05, 3.63) is 63.6 Å². The maximum Gasteiger partial charge on any atom is 0.274 e. The predicted octanol–water partition coefficient (Wildman–Crippen LogP) is 3.21. The van der Waals surface area contributed by atoms with Crippen molar-refractivity contribution in [2.75, 3.05) is 5.32 Å². The molecule has 1 N–H and O–H groups in total. The Bertz CT molecular complexity index is 905. The van der Waals surface area contributed by atoms with Crippen LogP contribution in [0.25, 0.3) is 0 Å². The first-order chi connectivity index (χ1) is 12.6. The van der Waals surface area contributed by atoms with E-state index in [1.165, 1.54) is 16.8 Å². The third-order valence-electron chi connectivity index (χ3n) is 4.31. The van der Waals surface area contributed by atoms with Crippen molar-refractivity contribution in [2.45, 2.75) is 46.7 Å². The molecule has 0 radical (unpaired) electrons. The van der Waals surface area contributed by atoms with Gasteiger partial charge in [-0.3, -0.25) is 14.4 Å². The lowest BCUT2D eigenvalue weighted by Crippen LogP contribution is -2.42. The molecule has 2 amide bonds. The van der Waals surface area contributed by atoms with Gasteiger partial charge in [0, 0.05) is 30.9 Å². The molecule has 1 aromatic carbocycles. The molecule has 0 spiro atoms. The summed E-state index contributed by atoms with van der Waals surface area (Å²) in [6.07, 6.45) is 1.50. The fourth-order valence-electron chi connectivity index (χ4n) is 3.11. The highest BCUT2D eigenvalue weighted by molar-refractivity contribution is 6.05. The van der Waals surface area contributed by atoms with E-state index < -0.39 is 0 Å². The lowest BCUT2D eigenvalue weighted by atomic mass is 10.1. The average Bonchev–Trinajstić information content (AvgIpc) is 2.57. The van der Waals surface area contributed by atoms with E-state index in [-0.39, 0.29) is 35.1 Å². The van der Waals surface area contributed by atoms with Gasteiger partial charge in [0.1, 0.15) is 5.69 Å². The minimum Gasteiger partial charge on any atom is -0.334 e. The molecule has 0 fully saturated rings. The summed E-state index contributed by atoms with van der Waals surface area (Å²) in [6.45, 7) is 9.67. The van der Waals surface area contributed by atoms with Gasteiger partial charge in [-0.15, -0.1) is 0 Å². The van der Waals surface area contributed by atoms with Crippen molar-refractivity contribution >= 4 is 17.5 Å². The van der Waals surface area contributed by atoms with Gasteiger partial charge in [-0.05, 0) is 52.8 Å². The van der Waals surface area contributed by atoms with Crippen LogP contribution in [0, 0.1) is 6.92 Å². The number of amides is 2. The second-order valence-corrected chi connectivity index (χ2v) is 7.28. The van der Waals surface area contributed by atoms with E-state index in [4.69, 9.17) is 0 Å².